The van der Waals surface area contributed by atoms with Gasteiger partial charge in [0.15, 0.2) is 0 Å². The Morgan fingerprint density at radius 2 is 1.84 bits per heavy atom. The number of furan rings is 1. The first kappa shape index (κ1) is 21.0. The molecule has 2 N–H and O–H groups in total. The molecule has 3 aromatic rings. The van der Waals surface area contributed by atoms with Crippen molar-refractivity contribution in [2.45, 2.75) is 12.3 Å². The second-order valence-corrected chi connectivity index (χ2v) is 7.43. The predicted octanol–water partition coefficient (Wildman–Crippen LogP) is 3.11. The molecule has 1 fully saturated rings. The topological polar surface area (TPSA) is 112 Å². The highest BCUT2D eigenvalue weighted by Gasteiger charge is 2.31. The fourth-order valence-electron chi connectivity index (χ4n) is 3.70. The number of likely N-dealkylation sites (tertiary alicyclic amines) is 1. The number of hydrogen-bond donors (Lipinski definition) is 2. The van der Waals surface area contributed by atoms with Crippen LogP contribution in [0.4, 0.5) is 0 Å². The Balaban J connectivity index is 1.33. The molecule has 2 amide bonds. The number of nitrogens with zero attached hydrogens (tertiary/aromatic N) is 2. The minimum absolute atomic E-state index is 0.0641. The van der Waals surface area contributed by atoms with Crippen LogP contribution in [0, 0.1) is 0 Å². The van der Waals surface area contributed by atoms with E-state index in [9.17, 15) is 19.5 Å². The maximum atomic E-state index is 12.3. The van der Waals surface area contributed by atoms with Gasteiger partial charge in [-0.25, -0.2) is 10.2 Å². The van der Waals surface area contributed by atoms with Gasteiger partial charge in [-0.3, -0.25) is 9.59 Å². The summed E-state index contributed by atoms with van der Waals surface area (Å²) in [6, 6.07) is 19.5. The van der Waals surface area contributed by atoms with Crippen molar-refractivity contribution in [3.63, 3.8) is 0 Å². The van der Waals surface area contributed by atoms with Crippen LogP contribution in [0.1, 0.15) is 34.0 Å². The van der Waals surface area contributed by atoms with Gasteiger partial charge in [-0.1, -0.05) is 48.5 Å². The zero-order valence-corrected chi connectivity index (χ0v) is 17.1. The van der Waals surface area contributed by atoms with E-state index in [-0.39, 0.29) is 23.9 Å². The predicted molar refractivity (Wildman–Crippen MR) is 117 cm³/mol. The first-order valence-electron chi connectivity index (χ1n) is 10.1. The van der Waals surface area contributed by atoms with Crippen molar-refractivity contribution in [3.05, 3.63) is 83.6 Å². The molecule has 0 unspecified atom stereocenters. The van der Waals surface area contributed by atoms with Crippen molar-refractivity contribution < 1.29 is 23.9 Å². The van der Waals surface area contributed by atoms with Crippen LogP contribution in [0.3, 0.4) is 0 Å². The molecular formula is C24H21N3O5. The molecule has 2 heterocycles. The number of hydrogen-bond acceptors (Lipinski definition) is 5. The maximum absolute atomic E-state index is 12.3. The van der Waals surface area contributed by atoms with Gasteiger partial charge in [0, 0.05) is 24.4 Å². The number of carboxylic acid groups (broad SMARTS) is 1. The average molecular weight is 431 g/mol. The molecule has 4 rings (SSSR count). The summed E-state index contributed by atoms with van der Waals surface area (Å²) in [5.41, 5.74) is 4.05. The minimum atomic E-state index is -1.05. The standard InChI is InChI=1S/C24H21N3O5/c28-22(15-27-14-17(12-23(27)29)16-6-2-1-3-7-16)26-25-13-18-10-11-21(32-18)19-8-4-5-9-20(19)24(30)31/h1-11,13,17H,12,14-15H2,(H,26,28)(H,30,31)/b25-13-/t17-/m1/s1. The van der Waals surface area contributed by atoms with Gasteiger partial charge in [0.25, 0.3) is 5.91 Å². The number of carbonyl (C=O) groups is 3. The van der Waals surface area contributed by atoms with Crippen molar-refractivity contribution in [2.24, 2.45) is 5.10 Å². The lowest BCUT2D eigenvalue weighted by atomic mass is 9.99. The van der Waals surface area contributed by atoms with Crippen LogP contribution in [-0.2, 0) is 9.59 Å². The monoisotopic (exact) mass is 431 g/mol. The largest absolute Gasteiger partial charge is 0.478 e. The lowest BCUT2D eigenvalue weighted by Crippen LogP contribution is -2.36. The molecule has 162 valence electrons. The van der Waals surface area contributed by atoms with Crippen LogP contribution in [0.2, 0.25) is 0 Å². The zero-order chi connectivity index (χ0) is 22.5. The third-order valence-electron chi connectivity index (χ3n) is 5.25. The molecule has 0 aliphatic carbocycles. The molecule has 1 aliphatic heterocycles. The molecule has 0 spiro atoms. The van der Waals surface area contributed by atoms with Gasteiger partial charge in [-0.15, -0.1) is 0 Å². The molecule has 1 atom stereocenters. The molecule has 8 heteroatoms. The summed E-state index contributed by atoms with van der Waals surface area (Å²) in [4.78, 5) is 37.4. The Hall–Kier alpha value is -4.20. The normalized spacial score (nSPS) is 15.9. The van der Waals surface area contributed by atoms with E-state index in [1.54, 1.807) is 30.3 Å². The summed E-state index contributed by atoms with van der Waals surface area (Å²) in [6.07, 6.45) is 1.71. The van der Waals surface area contributed by atoms with E-state index < -0.39 is 11.9 Å². The lowest BCUT2D eigenvalue weighted by molar-refractivity contribution is -0.133. The lowest BCUT2D eigenvalue weighted by Gasteiger charge is -2.15. The van der Waals surface area contributed by atoms with E-state index >= 15 is 0 Å². The van der Waals surface area contributed by atoms with Crippen molar-refractivity contribution >= 4 is 24.0 Å². The van der Waals surface area contributed by atoms with Crippen LogP contribution in [-0.4, -0.2) is 47.1 Å². The average Bonchev–Trinajstić information content (AvgIpc) is 3.41. The van der Waals surface area contributed by atoms with Crippen LogP contribution >= 0.6 is 0 Å². The molecule has 8 nitrogen and oxygen atoms in total. The summed E-state index contributed by atoms with van der Waals surface area (Å²) in [5.74, 6) is -0.718. The summed E-state index contributed by atoms with van der Waals surface area (Å²) in [5, 5.41) is 13.2. The van der Waals surface area contributed by atoms with E-state index in [0.29, 0.717) is 30.0 Å². The summed E-state index contributed by atoms with van der Waals surface area (Å²) in [7, 11) is 0. The van der Waals surface area contributed by atoms with Gasteiger partial charge >= 0.3 is 5.97 Å². The SMILES string of the molecule is O=C(CN1C[C@H](c2ccccc2)CC1=O)N/N=C\c1ccc(-c2ccccc2C(=O)O)o1. The molecule has 0 radical (unpaired) electrons. The zero-order valence-electron chi connectivity index (χ0n) is 17.1. The molecule has 1 saturated heterocycles. The van der Waals surface area contributed by atoms with Crippen molar-refractivity contribution in [1.82, 2.24) is 10.3 Å². The Labute approximate surface area is 184 Å². The van der Waals surface area contributed by atoms with E-state index in [0.717, 1.165) is 5.56 Å². The van der Waals surface area contributed by atoms with Gasteiger partial charge in [0.2, 0.25) is 5.91 Å². The van der Waals surface area contributed by atoms with Crippen LogP contribution < -0.4 is 5.43 Å². The summed E-state index contributed by atoms with van der Waals surface area (Å²) in [6.45, 7) is 0.416. The highest BCUT2D eigenvalue weighted by Crippen LogP contribution is 2.28. The molecule has 1 aliphatic rings. The Kier molecular flexibility index (Phi) is 6.12. The summed E-state index contributed by atoms with van der Waals surface area (Å²) >= 11 is 0. The van der Waals surface area contributed by atoms with Crippen LogP contribution in [0.5, 0.6) is 0 Å². The number of hydrazone groups is 1. The molecule has 0 saturated carbocycles. The highest BCUT2D eigenvalue weighted by atomic mass is 16.4. The van der Waals surface area contributed by atoms with Gasteiger partial charge < -0.3 is 14.4 Å². The highest BCUT2D eigenvalue weighted by molar-refractivity contribution is 5.95. The molecule has 32 heavy (non-hydrogen) atoms. The molecular weight excluding hydrogens is 410 g/mol. The number of benzene rings is 2. The van der Waals surface area contributed by atoms with E-state index in [1.807, 2.05) is 30.3 Å². The number of amides is 2. The maximum Gasteiger partial charge on any atom is 0.336 e. The Bertz CT molecular complexity index is 1170. The second-order valence-electron chi connectivity index (χ2n) is 7.43. The van der Waals surface area contributed by atoms with E-state index in [2.05, 4.69) is 10.5 Å². The Morgan fingerprint density at radius 3 is 2.62 bits per heavy atom. The molecule has 1 aromatic heterocycles. The number of aromatic carboxylic acids is 1. The third kappa shape index (κ3) is 4.75. The fraction of sp³-hybridized carbons (Fsp3) is 0.167. The Morgan fingerprint density at radius 1 is 1.09 bits per heavy atom. The van der Waals surface area contributed by atoms with Crippen LogP contribution in [0.25, 0.3) is 11.3 Å². The van der Waals surface area contributed by atoms with Gasteiger partial charge in [-0.05, 0) is 23.8 Å². The second kappa shape index (κ2) is 9.30. The van der Waals surface area contributed by atoms with Gasteiger partial charge in [-0.2, -0.15) is 5.10 Å². The van der Waals surface area contributed by atoms with E-state index in [4.69, 9.17) is 4.42 Å². The number of carbonyl (C=O) groups excluding carboxylic acids is 2. The van der Waals surface area contributed by atoms with Gasteiger partial charge in [0.05, 0.1) is 11.8 Å². The van der Waals surface area contributed by atoms with Crippen molar-refractivity contribution in [1.29, 1.82) is 0 Å². The van der Waals surface area contributed by atoms with Crippen molar-refractivity contribution in [3.8, 4) is 11.3 Å². The van der Waals surface area contributed by atoms with Crippen LogP contribution in [0.15, 0.2) is 76.2 Å². The van der Waals surface area contributed by atoms with Gasteiger partial charge in [0.1, 0.15) is 18.1 Å². The fourth-order valence-corrected chi connectivity index (χ4v) is 3.70. The number of nitrogens with one attached hydrogen (secondary N) is 1. The summed E-state index contributed by atoms with van der Waals surface area (Å²) < 4.78 is 5.63. The third-order valence-corrected chi connectivity index (χ3v) is 5.25. The van der Waals surface area contributed by atoms with E-state index in [1.165, 1.54) is 17.2 Å². The smallest absolute Gasteiger partial charge is 0.336 e. The minimum Gasteiger partial charge on any atom is -0.478 e. The van der Waals surface area contributed by atoms with Crippen molar-refractivity contribution in [2.75, 3.05) is 13.1 Å². The quantitative estimate of drug-likeness (QED) is 0.441. The first-order valence-corrected chi connectivity index (χ1v) is 10.1. The molecule has 0 bridgehead atoms. The molecule has 2 aromatic carbocycles. The first-order chi connectivity index (χ1) is 15.5. The number of carboxylic acids is 1. The number of rotatable bonds is 7.